The number of carbonyl (C=O) groups excluding carboxylic acids is 1. The number of hydrogen-bond acceptors (Lipinski definition) is 5. The standard InChI is InChI=1S/C23H30NO6P/c1-2-24(31(27,28)30-21-16-10-5-11-17-21)18-29-22(25)23(26,19-12-6-3-7-13-19)20-14-8-4-9-15-20/h3,5-7,10-13,16-17,20,26H,2,4,8-9,14-15,18H2,1H3,(H,27,28). The van der Waals surface area contributed by atoms with Gasteiger partial charge in [0.2, 0.25) is 0 Å². The highest BCUT2D eigenvalue weighted by atomic mass is 31.2. The molecule has 0 spiro atoms. The quantitative estimate of drug-likeness (QED) is 0.333. The Labute approximate surface area is 183 Å². The maximum atomic E-state index is 13.2. The highest BCUT2D eigenvalue weighted by Gasteiger charge is 2.47. The Kier molecular flexibility index (Phi) is 7.89. The lowest BCUT2D eigenvalue weighted by Gasteiger charge is -2.37. The summed E-state index contributed by atoms with van der Waals surface area (Å²) in [5.74, 6) is -0.849. The minimum absolute atomic E-state index is 0.112. The van der Waals surface area contributed by atoms with Crippen LogP contribution in [0.15, 0.2) is 60.7 Å². The van der Waals surface area contributed by atoms with Gasteiger partial charge in [0, 0.05) is 12.5 Å². The number of nitrogens with zero attached hydrogens (tertiary/aromatic N) is 1. The molecule has 2 aromatic rings. The van der Waals surface area contributed by atoms with Crippen LogP contribution in [0.3, 0.4) is 0 Å². The molecule has 0 heterocycles. The van der Waals surface area contributed by atoms with E-state index in [2.05, 4.69) is 0 Å². The number of para-hydroxylation sites is 1. The van der Waals surface area contributed by atoms with Crippen molar-refractivity contribution in [2.75, 3.05) is 13.3 Å². The maximum Gasteiger partial charge on any atom is 0.461 e. The minimum atomic E-state index is -4.26. The molecular formula is C23H30NO6P. The lowest BCUT2D eigenvalue weighted by molar-refractivity contribution is -0.178. The predicted molar refractivity (Wildman–Crippen MR) is 117 cm³/mol. The van der Waals surface area contributed by atoms with Crippen molar-refractivity contribution in [3.05, 3.63) is 66.2 Å². The van der Waals surface area contributed by atoms with Crippen molar-refractivity contribution >= 4 is 13.7 Å². The minimum Gasteiger partial charge on any atom is -0.447 e. The molecule has 1 fully saturated rings. The second kappa shape index (κ2) is 10.4. The van der Waals surface area contributed by atoms with Crippen molar-refractivity contribution in [1.29, 1.82) is 0 Å². The van der Waals surface area contributed by atoms with Crippen molar-refractivity contribution in [3.8, 4) is 5.75 Å². The second-order valence-corrected chi connectivity index (χ2v) is 9.48. The predicted octanol–water partition coefficient (Wildman–Crippen LogP) is 4.46. The lowest BCUT2D eigenvalue weighted by atomic mass is 9.73. The summed E-state index contributed by atoms with van der Waals surface area (Å²) >= 11 is 0. The van der Waals surface area contributed by atoms with Crippen LogP contribution in [-0.2, 0) is 19.7 Å². The summed E-state index contributed by atoms with van der Waals surface area (Å²) in [4.78, 5) is 23.6. The van der Waals surface area contributed by atoms with Crippen molar-refractivity contribution < 1.29 is 28.6 Å². The summed E-state index contributed by atoms with van der Waals surface area (Å²) < 4.78 is 24.5. The molecule has 8 heteroatoms. The van der Waals surface area contributed by atoms with Crippen molar-refractivity contribution in [2.45, 2.75) is 44.6 Å². The number of benzene rings is 2. The van der Waals surface area contributed by atoms with E-state index in [1.54, 1.807) is 61.5 Å². The van der Waals surface area contributed by atoms with Gasteiger partial charge in [-0.2, -0.15) is 4.67 Å². The molecule has 168 valence electrons. The molecule has 0 saturated heterocycles. The first kappa shape index (κ1) is 23.5. The van der Waals surface area contributed by atoms with Gasteiger partial charge in [-0.25, -0.2) is 9.36 Å². The average Bonchev–Trinajstić information content (AvgIpc) is 2.80. The topological polar surface area (TPSA) is 96.3 Å². The van der Waals surface area contributed by atoms with Crippen LogP contribution in [0.4, 0.5) is 0 Å². The third-order valence-corrected chi connectivity index (χ3v) is 7.32. The summed E-state index contributed by atoms with van der Waals surface area (Å²) in [6, 6.07) is 17.1. The number of aliphatic hydroxyl groups is 1. The number of carbonyl (C=O) groups is 1. The Balaban J connectivity index is 1.75. The summed E-state index contributed by atoms with van der Waals surface area (Å²) in [5, 5.41) is 11.5. The Morgan fingerprint density at radius 3 is 2.23 bits per heavy atom. The Morgan fingerprint density at radius 1 is 1.06 bits per heavy atom. The first-order valence-electron chi connectivity index (χ1n) is 10.7. The van der Waals surface area contributed by atoms with E-state index in [9.17, 15) is 19.4 Å². The van der Waals surface area contributed by atoms with E-state index in [-0.39, 0.29) is 18.2 Å². The van der Waals surface area contributed by atoms with Crippen LogP contribution in [-0.4, -0.2) is 33.9 Å². The molecule has 2 unspecified atom stereocenters. The first-order chi connectivity index (χ1) is 14.9. The van der Waals surface area contributed by atoms with Gasteiger partial charge in [-0.1, -0.05) is 74.7 Å². The van der Waals surface area contributed by atoms with Crippen LogP contribution in [0.5, 0.6) is 5.75 Å². The van der Waals surface area contributed by atoms with E-state index in [0.29, 0.717) is 18.4 Å². The van der Waals surface area contributed by atoms with E-state index < -0.39 is 26.0 Å². The smallest absolute Gasteiger partial charge is 0.447 e. The Hall–Kier alpha value is -2.18. The highest BCUT2D eigenvalue weighted by Crippen LogP contribution is 2.47. The molecular weight excluding hydrogens is 417 g/mol. The fourth-order valence-corrected chi connectivity index (χ4v) is 5.07. The van der Waals surface area contributed by atoms with Crippen LogP contribution >= 0.6 is 7.75 Å². The number of esters is 1. The number of ether oxygens (including phenoxy) is 1. The molecule has 0 bridgehead atoms. The maximum absolute atomic E-state index is 13.2. The molecule has 7 nitrogen and oxygen atoms in total. The second-order valence-electron chi connectivity index (χ2n) is 7.75. The van der Waals surface area contributed by atoms with E-state index in [1.807, 2.05) is 6.07 Å². The third-order valence-electron chi connectivity index (χ3n) is 5.76. The molecule has 0 amide bonds. The van der Waals surface area contributed by atoms with Gasteiger partial charge in [-0.15, -0.1) is 0 Å². The molecule has 2 atom stereocenters. The summed E-state index contributed by atoms with van der Waals surface area (Å²) in [6.07, 6.45) is 4.38. The largest absolute Gasteiger partial charge is 0.461 e. The van der Waals surface area contributed by atoms with E-state index >= 15 is 0 Å². The molecule has 31 heavy (non-hydrogen) atoms. The van der Waals surface area contributed by atoms with Gasteiger partial charge in [-0.3, -0.25) is 0 Å². The average molecular weight is 447 g/mol. The van der Waals surface area contributed by atoms with Gasteiger partial charge in [-0.05, 0) is 30.5 Å². The Bertz CT molecular complexity index is 887. The van der Waals surface area contributed by atoms with Crippen molar-refractivity contribution in [3.63, 3.8) is 0 Å². The molecule has 3 rings (SSSR count). The van der Waals surface area contributed by atoms with E-state index in [0.717, 1.165) is 23.9 Å². The van der Waals surface area contributed by atoms with E-state index in [1.165, 1.54) is 0 Å². The van der Waals surface area contributed by atoms with Gasteiger partial charge in [0.05, 0.1) is 0 Å². The van der Waals surface area contributed by atoms with Crippen LogP contribution in [0.1, 0.15) is 44.6 Å². The zero-order valence-corrected chi connectivity index (χ0v) is 18.6. The van der Waals surface area contributed by atoms with Crippen LogP contribution in [0, 0.1) is 5.92 Å². The third kappa shape index (κ3) is 5.55. The molecule has 1 aliphatic rings. The van der Waals surface area contributed by atoms with Gasteiger partial charge in [0.1, 0.15) is 5.75 Å². The van der Waals surface area contributed by atoms with Crippen molar-refractivity contribution in [1.82, 2.24) is 4.67 Å². The van der Waals surface area contributed by atoms with Gasteiger partial charge in [0.25, 0.3) is 0 Å². The molecule has 0 radical (unpaired) electrons. The first-order valence-corrected chi connectivity index (χ1v) is 12.2. The highest BCUT2D eigenvalue weighted by molar-refractivity contribution is 7.50. The molecule has 1 saturated carbocycles. The number of hydrogen-bond donors (Lipinski definition) is 2. The van der Waals surface area contributed by atoms with Crippen LogP contribution < -0.4 is 4.52 Å². The lowest BCUT2D eigenvalue weighted by Crippen LogP contribution is -2.46. The van der Waals surface area contributed by atoms with E-state index in [4.69, 9.17) is 9.26 Å². The molecule has 2 aromatic carbocycles. The molecule has 2 N–H and O–H groups in total. The fourth-order valence-electron chi connectivity index (χ4n) is 4.00. The summed E-state index contributed by atoms with van der Waals surface area (Å²) in [6.45, 7) is 1.30. The molecule has 0 aromatic heterocycles. The van der Waals surface area contributed by atoms with Gasteiger partial charge < -0.3 is 19.3 Å². The van der Waals surface area contributed by atoms with Crippen LogP contribution in [0.25, 0.3) is 0 Å². The van der Waals surface area contributed by atoms with Gasteiger partial charge >= 0.3 is 13.7 Å². The Morgan fingerprint density at radius 2 is 1.65 bits per heavy atom. The zero-order chi connectivity index (χ0) is 22.3. The molecule has 0 aliphatic heterocycles. The van der Waals surface area contributed by atoms with Crippen molar-refractivity contribution in [2.24, 2.45) is 5.92 Å². The molecule has 1 aliphatic carbocycles. The summed E-state index contributed by atoms with van der Waals surface area (Å²) in [7, 11) is -4.26. The number of rotatable bonds is 9. The fraction of sp³-hybridized carbons (Fsp3) is 0.435. The van der Waals surface area contributed by atoms with Crippen LogP contribution in [0.2, 0.25) is 0 Å². The summed E-state index contributed by atoms with van der Waals surface area (Å²) in [5.41, 5.74) is -1.33. The monoisotopic (exact) mass is 447 g/mol. The normalized spacial score (nSPS) is 18.7. The zero-order valence-electron chi connectivity index (χ0n) is 17.7. The SMILES string of the molecule is CCN(COC(=O)C(O)(c1ccccc1)C1CCCCC1)P(=O)(O)Oc1ccccc1. The van der Waals surface area contributed by atoms with Gasteiger partial charge in [0.15, 0.2) is 12.3 Å².